The van der Waals surface area contributed by atoms with Gasteiger partial charge in [-0.25, -0.2) is 17.6 Å². The molecule has 5 heteroatoms. The smallest absolute Gasteiger partial charge is 0.270 e. The molecule has 1 atom stereocenters. The van der Waals surface area contributed by atoms with Crippen LogP contribution in [0.2, 0.25) is 0 Å². The minimum Gasteiger partial charge on any atom is -0.379 e. The Balaban J connectivity index is 3.31. The van der Waals surface area contributed by atoms with Crippen LogP contribution in [0, 0.1) is 11.6 Å². The highest BCUT2D eigenvalue weighted by atomic mass is 19.3. The summed E-state index contributed by atoms with van der Waals surface area (Å²) in [6.45, 7) is 0.666. The van der Waals surface area contributed by atoms with Crippen molar-refractivity contribution in [2.24, 2.45) is 0 Å². The zero-order valence-corrected chi connectivity index (χ0v) is 7.27. The van der Waals surface area contributed by atoms with Crippen LogP contribution < -0.4 is 0 Å². The molecule has 0 amide bonds. The molecule has 0 aliphatic rings. The van der Waals surface area contributed by atoms with E-state index in [1.807, 2.05) is 0 Å². The first-order valence-electron chi connectivity index (χ1n) is 3.82. The molecule has 1 nitrogen and oxygen atoms in total. The summed E-state index contributed by atoms with van der Waals surface area (Å²) in [6.07, 6.45) is -3.26. The van der Waals surface area contributed by atoms with Gasteiger partial charge in [0.25, 0.3) is 6.43 Å². The maximum absolute atomic E-state index is 13.0. The highest BCUT2D eigenvalue weighted by molar-refractivity contribution is 5.26. The van der Waals surface area contributed by atoms with Crippen molar-refractivity contribution in [1.82, 2.24) is 0 Å². The van der Waals surface area contributed by atoms with Crippen molar-refractivity contribution in [2.45, 2.75) is 19.0 Å². The van der Waals surface area contributed by atoms with Gasteiger partial charge in [-0.1, -0.05) is 6.07 Å². The summed E-state index contributed by atoms with van der Waals surface area (Å²) in [6, 6.07) is 2.67. The van der Waals surface area contributed by atoms with Crippen LogP contribution in [0.4, 0.5) is 17.6 Å². The van der Waals surface area contributed by atoms with Gasteiger partial charge in [-0.15, -0.1) is 0 Å². The topological polar surface area (TPSA) is 20.2 Å². The number of rotatable bonds is 2. The minimum absolute atomic E-state index is 0.666. The lowest BCUT2D eigenvalue weighted by molar-refractivity contribution is -0.0923. The number of aliphatic hydroxyl groups is 1. The van der Waals surface area contributed by atoms with Crippen LogP contribution in [0.3, 0.4) is 0 Å². The molecule has 1 aromatic rings. The number of hydrogen-bond acceptors (Lipinski definition) is 1. The SMILES string of the molecule is CC(O)(c1c(F)cccc1F)C(F)F. The lowest BCUT2D eigenvalue weighted by atomic mass is 9.95. The molecule has 1 rings (SSSR count). The molecule has 0 saturated heterocycles. The first-order valence-corrected chi connectivity index (χ1v) is 3.82. The highest BCUT2D eigenvalue weighted by Crippen LogP contribution is 2.31. The molecule has 14 heavy (non-hydrogen) atoms. The molecule has 0 aromatic heterocycles. The predicted octanol–water partition coefficient (Wildman–Crippen LogP) is 2.44. The molecule has 1 N–H and O–H groups in total. The Morgan fingerprint density at radius 1 is 1.21 bits per heavy atom. The number of benzene rings is 1. The average molecular weight is 208 g/mol. The van der Waals surface area contributed by atoms with E-state index in [1.165, 1.54) is 0 Å². The average Bonchev–Trinajstić information content (AvgIpc) is 2.02. The van der Waals surface area contributed by atoms with E-state index in [0.29, 0.717) is 6.92 Å². The third-order valence-corrected chi connectivity index (χ3v) is 1.89. The lowest BCUT2D eigenvalue weighted by Gasteiger charge is -2.23. The molecule has 0 bridgehead atoms. The van der Waals surface area contributed by atoms with Crippen molar-refractivity contribution >= 4 is 0 Å². The monoisotopic (exact) mass is 208 g/mol. The van der Waals surface area contributed by atoms with Crippen molar-refractivity contribution in [2.75, 3.05) is 0 Å². The van der Waals surface area contributed by atoms with Crippen LogP contribution in [-0.4, -0.2) is 11.5 Å². The molecule has 0 fully saturated rings. The Morgan fingerprint density at radius 3 is 2.00 bits per heavy atom. The van der Waals surface area contributed by atoms with E-state index >= 15 is 0 Å². The number of hydrogen-bond donors (Lipinski definition) is 1. The summed E-state index contributed by atoms with van der Waals surface area (Å²) < 4.78 is 50.5. The molecular weight excluding hydrogens is 200 g/mol. The van der Waals surface area contributed by atoms with Crippen LogP contribution in [0.25, 0.3) is 0 Å². The Labute approximate surface area is 78.0 Å². The molecular formula is C9H8F4O. The van der Waals surface area contributed by atoms with Crippen molar-refractivity contribution in [3.63, 3.8) is 0 Å². The fourth-order valence-corrected chi connectivity index (χ4v) is 1.09. The van der Waals surface area contributed by atoms with Crippen molar-refractivity contribution in [3.8, 4) is 0 Å². The maximum atomic E-state index is 13.0. The van der Waals surface area contributed by atoms with Gasteiger partial charge in [0.1, 0.15) is 11.6 Å². The summed E-state index contributed by atoms with van der Waals surface area (Å²) in [7, 11) is 0. The number of halogens is 4. The predicted molar refractivity (Wildman–Crippen MR) is 41.9 cm³/mol. The summed E-state index contributed by atoms with van der Waals surface area (Å²) in [5.41, 5.74) is -3.81. The summed E-state index contributed by atoms with van der Waals surface area (Å²) in [4.78, 5) is 0. The van der Waals surface area contributed by atoms with Crippen LogP contribution in [0.5, 0.6) is 0 Å². The lowest BCUT2D eigenvalue weighted by Crippen LogP contribution is -2.32. The molecule has 78 valence electrons. The van der Waals surface area contributed by atoms with E-state index in [2.05, 4.69) is 0 Å². The Hall–Kier alpha value is -1.10. The van der Waals surface area contributed by atoms with Crippen LogP contribution in [0.1, 0.15) is 12.5 Å². The minimum atomic E-state index is -3.26. The van der Waals surface area contributed by atoms with Crippen LogP contribution in [-0.2, 0) is 5.60 Å². The number of alkyl halides is 2. The summed E-state index contributed by atoms with van der Waals surface area (Å²) in [5.74, 6) is -2.37. The van der Waals surface area contributed by atoms with E-state index in [9.17, 15) is 22.7 Å². The van der Waals surface area contributed by atoms with Gasteiger partial charge in [0.05, 0.1) is 5.56 Å². The second kappa shape index (κ2) is 3.57. The van der Waals surface area contributed by atoms with Gasteiger partial charge < -0.3 is 5.11 Å². The Morgan fingerprint density at radius 2 is 1.64 bits per heavy atom. The molecule has 0 heterocycles. The first-order chi connectivity index (χ1) is 6.37. The zero-order valence-electron chi connectivity index (χ0n) is 7.27. The Bertz CT molecular complexity index is 315. The van der Waals surface area contributed by atoms with Gasteiger partial charge in [0.15, 0.2) is 5.60 Å². The normalized spacial score (nSPS) is 15.6. The summed E-state index contributed by atoms with van der Waals surface area (Å²) in [5, 5.41) is 9.19. The maximum Gasteiger partial charge on any atom is 0.270 e. The molecule has 0 radical (unpaired) electrons. The van der Waals surface area contributed by atoms with Gasteiger partial charge in [0, 0.05) is 0 Å². The van der Waals surface area contributed by atoms with Crippen LogP contribution >= 0.6 is 0 Å². The van der Waals surface area contributed by atoms with E-state index in [4.69, 9.17) is 0 Å². The fourth-order valence-electron chi connectivity index (χ4n) is 1.09. The van der Waals surface area contributed by atoms with Gasteiger partial charge in [0.2, 0.25) is 0 Å². The second-order valence-corrected chi connectivity index (χ2v) is 3.04. The van der Waals surface area contributed by atoms with Gasteiger partial charge in [-0.05, 0) is 19.1 Å². The largest absolute Gasteiger partial charge is 0.379 e. The zero-order chi connectivity index (χ0) is 10.9. The molecule has 0 spiro atoms. The molecule has 0 saturated carbocycles. The van der Waals surface area contributed by atoms with E-state index < -0.39 is 29.2 Å². The second-order valence-electron chi connectivity index (χ2n) is 3.04. The quantitative estimate of drug-likeness (QED) is 0.740. The third kappa shape index (κ3) is 1.72. The molecule has 0 aliphatic carbocycles. The fraction of sp³-hybridized carbons (Fsp3) is 0.333. The van der Waals surface area contributed by atoms with Gasteiger partial charge in [-0.2, -0.15) is 0 Å². The van der Waals surface area contributed by atoms with E-state index in [1.54, 1.807) is 0 Å². The third-order valence-electron chi connectivity index (χ3n) is 1.89. The highest BCUT2D eigenvalue weighted by Gasteiger charge is 2.39. The standard InChI is InChI=1S/C9H8F4O/c1-9(14,8(12)13)7-5(10)3-2-4-6(7)11/h2-4,8,14H,1H3. The molecule has 1 unspecified atom stereocenters. The van der Waals surface area contributed by atoms with E-state index in [-0.39, 0.29) is 0 Å². The van der Waals surface area contributed by atoms with Crippen LogP contribution in [0.15, 0.2) is 18.2 Å². The van der Waals surface area contributed by atoms with Gasteiger partial charge in [-0.3, -0.25) is 0 Å². The molecule has 1 aromatic carbocycles. The molecule has 0 aliphatic heterocycles. The summed E-state index contributed by atoms with van der Waals surface area (Å²) >= 11 is 0. The van der Waals surface area contributed by atoms with Gasteiger partial charge >= 0.3 is 0 Å². The van der Waals surface area contributed by atoms with Crippen molar-refractivity contribution in [1.29, 1.82) is 0 Å². The Kier molecular flexibility index (Phi) is 2.80. The van der Waals surface area contributed by atoms with Crippen molar-refractivity contribution < 1.29 is 22.7 Å². The van der Waals surface area contributed by atoms with E-state index in [0.717, 1.165) is 18.2 Å². The first kappa shape index (κ1) is 11.0. The van der Waals surface area contributed by atoms with Crippen molar-refractivity contribution in [3.05, 3.63) is 35.4 Å².